The predicted octanol–water partition coefficient (Wildman–Crippen LogP) is 1.83. The molecule has 1 aromatic rings. The molecule has 1 fully saturated rings. The van der Waals surface area contributed by atoms with Crippen LogP contribution in [0.3, 0.4) is 0 Å². The second-order valence-corrected chi connectivity index (χ2v) is 6.08. The molecule has 0 aromatic carbocycles. The molecule has 2 atom stereocenters. The zero-order chi connectivity index (χ0) is 15.4. The Morgan fingerprint density at radius 1 is 1.48 bits per heavy atom. The van der Waals surface area contributed by atoms with E-state index in [1.165, 1.54) is 0 Å². The predicted molar refractivity (Wildman–Crippen MR) is 84.4 cm³/mol. The third-order valence-corrected chi connectivity index (χ3v) is 4.36. The second kappa shape index (κ2) is 7.07. The first kappa shape index (κ1) is 16.0. The molecule has 2 heterocycles. The summed E-state index contributed by atoms with van der Waals surface area (Å²) in [7, 11) is 1.85. The van der Waals surface area contributed by atoms with Gasteiger partial charge in [-0.15, -0.1) is 0 Å². The van der Waals surface area contributed by atoms with E-state index < -0.39 is 0 Å². The van der Waals surface area contributed by atoms with E-state index in [-0.39, 0.29) is 5.91 Å². The number of likely N-dealkylation sites (tertiary alicyclic amines) is 1. The summed E-state index contributed by atoms with van der Waals surface area (Å²) in [5, 5.41) is 7.97. The van der Waals surface area contributed by atoms with Crippen molar-refractivity contribution < 1.29 is 4.79 Å². The van der Waals surface area contributed by atoms with E-state index in [2.05, 4.69) is 31.2 Å². The van der Waals surface area contributed by atoms with Crippen molar-refractivity contribution in [2.75, 3.05) is 19.6 Å². The number of carbonyl (C=O) groups excluding carboxylic acids is 1. The molecule has 1 aliphatic rings. The lowest BCUT2D eigenvalue weighted by Gasteiger charge is -2.37. The van der Waals surface area contributed by atoms with Crippen molar-refractivity contribution in [1.82, 2.24) is 20.0 Å². The summed E-state index contributed by atoms with van der Waals surface area (Å²) in [6.45, 7) is 9.19. The van der Waals surface area contributed by atoms with Gasteiger partial charge in [0.1, 0.15) is 5.69 Å². The summed E-state index contributed by atoms with van der Waals surface area (Å²) in [6.07, 6.45) is 3.05. The fourth-order valence-corrected chi connectivity index (χ4v) is 3.02. The molecule has 1 N–H and O–H groups in total. The molecule has 2 unspecified atom stereocenters. The number of hydrogen-bond donors (Lipinski definition) is 1. The summed E-state index contributed by atoms with van der Waals surface area (Å²) < 4.78 is 1.72. The Kier molecular flexibility index (Phi) is 5.39. The number of piperidine rings is 1. The molecule has 5 heteroatoms. The lowest BCUT2D eigenvalue weighted by molar-refractivity contribution is 0.0634. The molecule has 2 rings (SSSR count). The molecule has 0 bridgehead atoms. The SMILES string of the molecule is CCCNC1CCN(C(=O)c2cc(CC)nn2C)CC1C. The van der Waals surface area contributed by atoms with Gasteiger partial charge in [-0.2, -0.15) is 5.10 Å². The van der Waals surface area contributed by atoms with E-state index in [1.807, 2.05) is 18.0 Å². The number of nitrogens with one attached hydrogen (secondary N) is 1. The fourth-order valence-electron chi connectivity index (χ4n) is 3.02. The van der Waals surface area contributed by atoms with Crippen LogP contribution in [0.15, 0.2) is 6.07 Å². The summed E-state index contributed by atoms with van der Waals surface area (Å²) in [4.78, 5) is 14.6. The van der Waals surface area contributed by atoms with Gasteiger partial charge in [0.15, 0.2) is 0 Å². The van der Waals surface area contributed by atoms with Crippen molar-refractivity contribution in [2.24, 2.45) is 13.0 Å². The van der Waals surface area contributed by atoms with Gasteiger partial charge in [0.2, 0.25) is 0 Å². The summed E-state index contributed by atoms with van der Waals surface area (Å²) in [6, 6.07) is 2.46. The quantitative estimate of drug-likeness (QED) is 0.901. The van der Waals surface area contributed by atoms with Crippen molar-refractivity contribution >= 4 is 5.91 Å². The second-order valence-electron chi connectivity index (χ2n) is 6.08. The molecule has 1 aromatic heterocycles. The zero-order valence-electron chi connectivity index (χ0n) is 13.7. The van der Waals surface area contributed by atoms with Crippen LogP contribution < -0.4 is 5.32 Å². The van der Waals surface area contributed by atoms with Crippen LogP contribution in [0.2, 0.25) is 0 Å². The van der Waals surface area contributed by atoms with Gasteiger partial charge in [-0.3, -0.25) is 9.48 Å². The Hall–Kier alpha value is -1.36. The van der Waals surface area contributed by atoms with Gasteiger partial charge in [-0.25, -0.2) is 0 Å². The minimum atomic E-state index is 0.116. The zero-order valence-corrected chi connectivity index (χ0v) is 13.7. The van der Waals surface area contributed by atoms with Crippen LogP contribution in [-0.4, -0.2) is 46.3 Å². The van der Waals surface area contributed by atoms with E-state index >= 15 is 0 Å². The van der Waals surface area contributed by atoms with Crippen LogP contribution in [0.1, 0.15) is 49.8 Å². The van der Waals surface area contributed by atoms with Gasteiger partial charge in [0.25, 0.3) is 5.91 Å². The number of carbonyl (C=O) groups is 1. The highest BCUT2D eigenvalue weighted by atomic mass is 16.2. The van der Waals surface area contributed by atoms with Crippen molar-refractivity contribution in [3.63, 3.8) is 0 Å². The first-order chi connectivity index (χ1) is 10.1. The number of nitrogens with zero attached hydrogens (tertiary/aromatic N) is 3. The van der Waals surface area contributed by atoms with Gasteiger partial charge >= 0.3 is 0 Å². The van der Waals surface area contributed by atoms with E-state index in [1.54, 1.807) is 4.68 Å². The largest absolute Gasteiger partial charge is 0.337 e. The summed E-state index contributed by atoms with van der Waals surface area (Å²) in [5.41, 5.74) is 1.69. The van der Waals surface area contributed by atoms with Crippen molar-refractivity contribution in [3.8, 4) is 0 Å². The smallest absolute Gasteiger partial charge is 0.272 e. The molecule has 0 spiro atoms. The average Bonchev–Trinajstić information content (AvgIpc) is 2.86. The van der Waals surface area contributed by atoms with Crippen molar-refractivity contribution in [2.45, 2.75) is 46.1 Å². The normalized spacial score (nSPS) is 22.6. The third-order valence-electron chi connectivity index (χ3n) is 4.36. The monoisotopic (exact) mass is 292 g/mol. The molecule has 0 saturated carbocycles. The fraction of sp³-hybridized carbons (Fsp3) is 0.750. The molecular formula is C16H28N4O. The number of aryl methyl sites for hydroxylation is 2. The first-order valence-electron chi connectivity index (χ1n) is 8.12. The molecule has 118 valence electrons. The molecule has 0 radical (unpaired) electrons. The number of amides is 1. The maximum absolute atomic E-state index is 12.7. The topological polar surface area (TPSA) is 50.2 Å². The molecular weight excluding hydrogens is 264 g/mol. The Bertz CT molecular complexity index is 483. The Labute approximate surface area is 127 Å². The van der Waals surface area contributed by atoms with E-state index in [0.717, 1.165) is 44.6 Å². The van der Waals surface area contributed by atoms with E-state index in [0.29, 0.717) is 17.7 Å². The van der Waals surface area contributed by atoms with Gasteiger partial charge in [0, 0.05) is 26.2 Å². The van der Waals surface area contributed by atoms with Crippen LogP contribution in [0.5, 0.6) is 0 Å². The van der Waals surface area contributed by atoms with Crippen LogP contribution >= 0.6 is 0 Å². The van der Waals surface area contributed by atoms with Gasteiger partial charge in [-0.05, 0) is 37.8 Å². The minimum absolute atomic E-state index is 0.116. The van der Waals surface area contributed by atoms with Crippen molar-refractivity contribution in [3.05, 3.63) is 17.5 Å². The first-order valence-corrected chi connectivity index (χ1v) is 8.12. The van der Waals surface area contributed by atoms with Crippen LogP contribution in [0, 0.1) is 5.92 Å². The van der Waals surface area contributed by atoms with Crippen LogP contribution in [0.25, 0.3) is 0 Å². The molecule has 1 saturated heterocycles. The Morgan fingerprint density at radius 3 is 2.81 bits per heavy atom. The van der Waals surface area contributed by atoms with Crippen molar-refractivity contribution in [1.29, 1.82) is 0 Å². The highest BCUT2D eigenvalue weighted by molar-refractivity contribution is 5.92. The maximum Gasteiger partial charge on any atom is 0.272 e. The molecule has 21 heavy (non-hydrogen) atoms. The highest BCUT2D eigenvalue weighted by Crippen LogP contribution is 2.19. The van der Waals surface area contributed by atoms with Crippen LogP contribution in [0.4, 0.5) is 0 Å². The Balaban J connectivity index is 2.00. The van der Waals surface area contributed by atoms with Gasteiger partial charge < -0.3 is 10.2 Å². The molecule has 1 amide bonds. The minimum Gasteiger partial charge on any atom is -0.337 e. The Morgan fingerprint density at radius 2 is 2.24 bits per heavy atom. The van der Waals surface area contributed by atoms with E-state index in [4.69, 9.17) is 0 Å². The average molecular weight is 292 g/mol. The number of hydrogen-bond acceptors (Lipinski definition) is 3. The summed E-state index contributed by atoms with van der Waals surface area (Å²) in [5.74, 6) is 0.610. The van der Waals surface area contributed by atoms with E-state index in [9.17, 15) is 4.79 Å². The highest BCUT2D eigenvalue weighted by Gasteiger charge is 2.29. The summed E-state index contributed by atoms with van der Waals surface area (Å²) >= 11 is 0. The standard InChI is InChI=1S/C16H28N4O/c1-5-8-17-14-7-9-20(11-12(14)3)16(21)15-10-13(6-2)18-19(15)4/h10,12,14,17H,5-9,11H2,1-4H3. The van der Waals surface area contributed by atoms with Gasteiger partial charge in [-0.1, -0.05) is 20.8 Å². The van der Waals surface area contributed by atoms with Gasteiger partial charge in [0.05, 0.1) is 5.69 Å². The third kappa shape index (κ3) is 3.64. The molecule has 0 aliphatic carbocycles. The number of aromatic nitrogens is 2. The van der Waals surface area contributed by atoms with Crippen LogP contribution in [-0.2, 0) is 13.5 Å². The molecule has 1 aliphatic heterocycles. The maximum atomic E-state index is 12.7. The lowest BCUT2D eigenvalue weighted by Crippen LogP contribution is -2.50. The molecule has 5 nitrogen and oxygen atoms in total. The lowest BCUT2D eigenvalue weighted by atomic mass is 9.93. The number of rotatable bonds is 5.